The van der Waals surface area contributed by atoms with E-state index in [4.69, 9.17) is 4.74 Å². The Morgan fingerprint density at radius 2 is 1.75 bits per heavy atom. The standard InChI is InChI=1S/C26H25F3N4O3/c27-19-4-1-16(2-5-19)23-13-33-15-31-24(22(33)14-36-23)26(35)32-9-7-17(8-10-32)25(34)30-12-18-3-6-20(28)11-21(18)29/h1-6,11,15,17,23H,7-10,12-14H2,(H,30,34)/t23-/m0/s1. The SMILES string of the molecule is O=C(NCc1ccc(F)cc1F)C1CCN(C(=O)c2ncn3c2CO[C@H](c2ccc(F)cc2)C3)CC1. The monoisotopic (exact) mass is 498 g/mol. The highest BCUT2D eigenvalue weighted by Crippen LogP contribution is 2.29. The number of carbonyl (C=O) groups excluding carboxylic acids is 2. The highest BCUT2D eigenvalue weighted by atomic mass is 19.1. The summed E-state index contributed by atoms with van der Waals surface area (Å²) in [5, 5.41) is 2.70. The number of imidazole rings is 1. The minimum atomic E-state index is -0.702. The van der Waals surface area contributed by atoms with E-state index in [1.165, 1.54) is 18.2 Å². The van der Waals surface area contributed by atoms with Gasteiger partial charge in [-0.05, 0) is 36.6 Å². The Labute approximate surface area is 205 Å². The number of benzene rings is 2. The van der Waals surface area contributed by atoms with Gasteiger partial charge in [-0.25, -0.2) is 18.2 Å². The number of piperidine rings is 1. The fourth-order valence-electron chi connectivity index (χ4n) is 4.67. The third-order valence-corrected chi connectivity index (χ3v) is 6.80. The van der Waals surface area contributed by atoms with Crippen molar-refractivity contribution in [3.05, 3.63) is 88.8 Å². The van der Waals surface area contributed by atoms with Gasteiger partial charge in [-0.2, -0.15) is 0 Å². The summed E-state index contributed by atoms with van der Waals surface area (Å²) >= 11 is 0. The van der Waals surface area contributed by atoms with E-state index in [1.54, 1.807) is 23.4 Å². The Morgan fingerprint density at radius 1 is 1.03 bits per heavy atom. The van der Waals surface area contributed by atoms with Crippen molar-refractivity contribution in [1.29, 1.82) is 0 Å². The maximum Gasteiger partial charge on any atom is 0.274 e. The normalized spacial score (nSPS) is 18.1. The van der Waals surface area contributed by atoms with Crippen LogP contribution >= 0.6 is 0 Å². The van der Waals surface area contributed by atoms with Gasteiger partial charge in [0.05, 0.1) is 25.2 Å². The Morgan fingerprint density at radius 3 is 2.47 bits per heavy atom. The molecular weight excluding hydrogens is 473 g/mol. The maximum atomic E-state index is 13.8. The number of rotatable bonds is 5. The van der Waals surface area contributed by atoms with Crippen LogP contribution in [0.4, 0.5) is 13.2 Å². The molecule has 1 fully saturated rings. The Hall–Kier alpha value is -3.66. The summed E-state index contributed by atoms with van der Waals surface area (Å²) in [6.45, 7) is 1.45. The first kappa shape index (κ1) is 24.1. The molecule has 2 aromatic carbocycles. The molecule has 1 N–H and O–H groups in total. The van der Waals surface area contributed by atoms with Crippen LogP contribution < -0.4 is 5.32 Å². The molecule has 10 heteroatoms. The predicted octanol–water partition coefficient (Wildman–Crippen LogP) is 3.74. The van der Waals surface area contributed by atoms with E-state index >= 15 is 0 Å². The zero-order valence-electron chi connectivity index (χ0n) is 19.4. The molecule has 2 amide bonds. The lowest BCUT2D eigenvalue weighted by atomic mass is 9.95. The van der Waals surface area contributed by atoms with Crippen LogP contribution in [0.5, 0.6) is 0 Å². The molecule has 0 bridgehead atoms. The van der Waals surface area contributed by atoms with Crippen LogP contribution in [0.3, 0.4) is 0 Å². The number of ether oxygens (including phenoxy) is 1. The quantitative estimate of drug-likeness (QED) is 0.582. The van der Waals surface area contributed by atoms with E-state index in [-0.39, 0.29) is 48.4 Å². The van der Waals surface area contributed by atoms with E-state index in [0.717, 1.165) is 17.7 Å². The molecule has 5 rings (SSSR count). The second-order valence-electron chi connectivity index (χ2n) is 9.06. The van der Waals surface area contributed by atoms with Gasteiger partial charge in [0.2, 0.25) is 5.91 Å². The van der Waals surface area contributed by atoms with E-state index < -0.39 is 11.6 Å². The molecule has 0 unspecified atom stereocenters. The maximum absolute atomic E-state index is 13.8. The molecular formula is C26H25F3N4O3. The summed E-state index contributed by atoms with van der Waals surface area (Å²) in [6.07, 6.45) is 2.31. The zero-order chi connectivity index (χ0) is 25.2. The van der Waals surface area contributed by atoms with Crippen molar-refractivity contribution in [3.63, 3.8) is 0 Å². The van der Waals surface area contributed by atoms with Gasteiger partial charge in [0, 0.05) is 37.2 Å². The van der Waals surface area contributed by atoms with Crippen LogP contribution in [0.25, 0.3) is 0 Å². The molecule has 3 aromatic rings. The first-order chi connectivity index (χ1) is 17.4. The molecule has 0 radical (unpaired) electrons. The lowest BCUT2D eigenvalue weighted by molar-refractivity contribution is -0.126. The number of amides is 2. The lowest BCUT2D eigenvalue weighted by Crippen LogP contribution is -2.43. The fraction of sp³-hybridized carbons (Fsp3) is 0.346. The number of likely N-dealkylation sites (tertiary alicyclic amines) is 1. The summed E-state index contributed by atoms with van der Waals surface area (Å²) in [5.74, 6) is -2.41. The van der Waals surface area contributed by atoms with Crippen LogP contribution in [-0.4, -0.2) is 39.4 Å². The van der Waals surface area contributed by atoms with Crippen LogP contribution in [-0.2, 0) is 29.2 Å². The average Bonchev–Trinajstić information content (AvgIpc) is 3.31. The molecule has 0 aliphatic carbocycles. The summed E-state index contributed by atoms with van der Waals surface area (Å²) in [4.78, 5) is 31.7. The van der Waals surface area contributed by atoms with Crippen molar-refractivity contribution in [2.75, 3.05) is 13.1 Å². The molecule has 1 atom stereocenters. The first-order valence-corrected chi connectivity index (χ1v) is 11.8. The van der Waals surface area contributed by atoms with Crippen LogP contribution in [0.1, 0.15) is 46.3 Å². The van der Waals surface area contributed by atoms with E-state index in [9.17, 15) is 22.8 Å². The summed E-state index contributed by atoms with van der Waals surface area (Å²) in [5.41, 5.74) is 2.10. The number of halogens is 3. The molecule has 1 aromatic heterocycles. The second kappa shape index (κ2) is 10.1. The van der Waals surface area contributed by atoms with Gasteiger partial charge in [-0.3, -0.25) is 9.59 Å². The van der Waals surface area contributed by atoms with Gasteiger partial charge in [-0.1, -0.05) is 18.2 Å². The van der Waals surface area contributed by atoms with Crippen molar-refractivity contribution >= 4 is 11.8 Å². The van der Waals surface area contributed by atoms with Crippen LogP contribution in [0.15, 0.2) is 48.8 Å². The van der Waals surface area contributed by atoms with Crippen molar-refractivity contribution in [3.8, 4) is 0 Å². The number of nitrogens with zero attached hydrogens (tertiary/aromatic N) is 3. The molecule has 0 spiro atoms. The molecule has 2 aliphatic rings. The predicted molar refractivity (Wildman–Crippen MR) is 123 cm³/mol. The van der Waals surface area contributed by atoms with Crippen molar-refractivity contribution in [2.24, 2.45) is 5.92 Å². The number of nitrogens with one attached hydrogen (secondary N) is 1. The summed E-state index contributed by atoms with van der Waals surface area (Å²) < 4.78 is 47.9. The highest BCUT2D eigenvalue weighted by molar-refractivity contribution is 5.93. The average molecular weight is 499 g/mol. The van der Waals surface area contributed by atoms with Crippen molar-refractivity contribution in [2.45, 2.75) is 38.6 Å². The van der Waals surface area contributed by atoms with Crippen LogP contribution in [0, 0.1) is 23.4 Å². The Balaban J connectivity index is 1.15. The summed E-state index contributed by atoms with van der Waals surface area (Å²) in [6, 6.07) is 9.40. The van der Waals surface area contributed by atoms with Gasteiger partial charge in [0.15, 0.2) is 5.69 Å². The molecule has 188 valence electrons. The minimum absolute atomic E-state index is 0.0240. The number of carbonyl (C=O) groups is 2. The minimum Gasteiger partial charge on any atom is -0.365 e. The lowest BCUT2D eigenvalue weighted by Gasteiger charge is -2.31. The number of aromatic nitrogens is 2. The molecule has 7 nitrogen and oxygen atoms in total. The van der Waals surface area contributed by atoms with Gasteiger partial charge in [-0.15, -0.1) is 0 Å². The topological polar surface area (TPSA) is 76.5 Å². The zero-order valence-corrected chi connectivity index (χ0v) is 19.4. The van der Waals surface area contributed by atoms with Gasteiger partial charge < -0.3 is 19.5 Å². The first-order valence-electron chi connectivity index (χ1n) is 11.8. The second-order valence-corrected chi connectivity index (χ2v) is 9.06. The molecule has 2 aliphatic heterocycles. The number of fused-ring (bicyclic) bond motifs is 1. The van der Waals surface area contributed by atoms with Gasteiger partial charge in [0.25, 0.3) is 5.91 Å². The largest absolute Gasteiger partial charge is 0.365 e. The third kappa shape index (κ3) is 4.99. The number of hydrogen-bond donors (Lipinski definition) is 1. The summed E-state index contributed by atoms with van der Waals surface area (Å²) in [7, 11) is 0. The van der Waals surface area contributed by atoms with Crippen LogP contribution in [0.2, 0.25) is 0 Å². The van der Waals surface area contributed by atoms with Gasteiger partial charge in [0.1, 0.15) is 23.6 Å². The van der Waals surface area contributed by atoms with E-state index in [2.05, 4.69) is 10.3 Å². The molecule has 3 heterocycles. The van der Waals surface area contributed by atoms with Crippen molar-refractivity contribution in [1.82, 2.24) is 19.8 Å². The van der Waals surface area contributed by atoms with Gasteiger partial charge >= 0.3 is 0 Å². The highest BCUT2D eigenvalue weighted by Gasteiger charge is 2.32. The number of hydrogen-bond acceptors (Lipinski definition) is 4. The fourth-order valence-corrected chi connectivity index (χ4v) is 4.67. The molecule has 36 heavy (non-hydrogen) atoms. The van der Waals surface area contributed by atoms with E-state index in [0.29, 0.717) is 43.9 Å². The Kier molecular flexibility index (Phi) is 6.77. The Bertz CT molecular complexity index is 1270. The molecule has 0 saturated carbocycles. The molecule has 1 saturated heterocycles. The van der Waals surface area contributed by atoms with Crippen molar-refractivity contribution < 1.29 is 27.5 Å². The van der Waals surface area contributed by atoms with E-state index in [1.807, 2.05) is 4.57 Å². The third-order valence-electron chi connectivity index (χ3n) is 6.80. The smallest absolute Gasteiger partial charge is 0.274 e.